The van der Waals surface area contributed by atoms with Crippen molar-refractivity contribution in [2.45, 2.75) is 12.3 Å². The third kappa shape index (κ3) is 2.62. The van der Waals surface area contributed by atoms with E-state index in [0.717, 1.165) is 36.2 Å². The zero-order valence-electron chi connectivity index (χ0n) is 11.5. The van der Waals surface area contributed by atoms with Crippen LogP contribution in [0.1, 0.15) is 33.0 Å². The van der Waals surface area contributed by atoms with Gasteiger partial charge in [0.15, 0.2) is 0 Å². The largest absolute Gasteiger partial charge is 0.507 e. The Bertz CT molecular complexity index is 667. The summed E-state index contributed by atoms with van der Waals surface area (Å²) < 4.78 is 0. The van der Waals surface area contributed by atoms with Gasteiger partial charge in [-0.25, -0.2) is 4.79 Å². The zero-order valence-corrected chi connectivity index (χ0v) is 11.5. The monoisotopic (exact) mass is 283 g/mol. The quantitative estimate of drug-likeness (QED) is 0.791. The molecule has 4 nitrogen and oxygen atoms in total. The molecule has 0 radical (unpaired) electrons. The molecule has 0 bridgehead atoms. The number of carboxylic acids is 1. The van der Waals surface area contributed by atoms with E-state index in [1.165, 1.54) is 0 Å². The van der Waals surface area contributed by atoms with Crippen molar-refractivity contribution in [3.05, 3.63) is 64.7 Å². The van der Waals surface area contributed by atoms with Gasteiger partial charge in [0.1, 0.15) is 11.3 Å². The molecule has 0 aromatic heterocycles. The summed E-state index contributed by atoms with van der Waals surface area (Å²) in [7, 11) is 0. The molecule has 3 N–H and O–H groups in total. The molecule has 0 amide bonds. The summed E-state index contributed by atoms with van der Waals surface area (Å²) in [5.74, 6) is -1.13. The molecule has 108 valence electrons. The van der Waals surface area contributed by atoms with Crippen molar-refractivity contribution in [2.24, 2.45) is 0 Å². The summed E-state index contributed by atoms with van der Waals surface area (Å²) in [5.41, 5.74) is 3.14. The highest BCUT2D eigenvalue weighted by Gasteiger charge is 2.23. The SMILES string of the molecule is O=C(O)c1cc2c(cc1O)C(c1ccccc1)CNCC2. The van der Waals surface area contributed by atoms with Crippen LogP contribution in [0.4, 0.5) is 0 Å². The topological polar surface area (TPSA) is 69.6 Å². The maximum Gasteiger partial charge on any atom is 0.339 e. The Balaban J connectivity index is 2.12. The lowest BCUT2D eigenvalue weighted by Crippen LogP contribution is -2.20. The first-order chi connectivity index (χ1) is 10.2. The van der Waals surface area contributed by atoms with Crippen LogP contribution in [0.5, 0.6) is 5.75 Å². The number of aromatic carboxylic acids is 1. The van der Waals surface area contributed by atoms with Gasteiger partial charge in [0.05, 0.1) is 0 Å². The third-order valence-electron chi connectivity index (χ3n) is 3.98. The minimum absolute atomic E-state index is 0.0255. The fraction of sp³-hybridized carbons (Fsp3) is 0.235. The standard InChI is InChI=1S/C17H17NO3/c19-16-9-13-12(8-14(16)17(20)21)6-7-18-10-15(13)11-4-2-1-3-5-11/h1-5,8-9,15,18-19H,6-7,10H2,(H,20,21). The van der Waals surface area contributed by atoms with Gasteiger partial charge in [-0.15, -0.1) is 0 Å². The fourth-order valence-corrected chi connectivity index (χ4v) is 2.92. The lowest BCUT2D eigenvalue weighted by molar-refractivity contribution is 0.0693. The highest BCUT2D eigenvalue weighted by atomic mass is 16.4. The number of fused-ring (bicyclic) bond motifs is 1. The second-order valence-electron chi connectivity index (χ2n) is 5.29. The van der Waals surface area contributed by atoms with E-state index >= 15 is 0 Å². The number of nitrogens with one attached hydrogen (secondary N) is 1. The molecular weight excluding hydrogens is 266 g/mol. The van der Waals surface area contributed by atoms with Crippen molar-refractivity contribution in [3.8, 4) is 5.75 Å². The van der Waals surface area contributed by atoms with Gasteiger partial charge in [-0.3, -0.25) is 0 Å². The van der Waals surface area contributed by atoms with E-state index in [9.17, 15) is 9.90 Å². The van der Waals surface area contributed by atoms with E-state index in [1.54, 1.807) is 12.1 Å². The van der Waals surface area contributed by atoms with Crippen molar-refractivity contribution in [2.75, 3.05) is 13.1 Å². The van der Waals surface area contributed by atoms with Crippen LogP contribution in [0.2, 0.25) is 0 Å². The van der Waals surface area contributed by atoms with Gasteiger partial charge < -0.3 is 15.5 Å². The van der Waals surface area contributed by atoms with Crippen LogP contribution in [-0.2, 0) is 6.42 Å². The average molecular weight is 283 g/mol. The first-order valence-corrected chi connectivity index (χ1v) is 7.01. The van der Waals surface area contributed by atoms with Crippen molar-refractivity contribution >= 4 is 5.97 Å². The van der Waals surface area contributed by atoms with Gasteiger partial charge in [0.25, 0.3) is 0 Å². The molecule has 0 fully saturated rings. The summed E-state index contributed by atoms with van der Waals surface area (Å²) in [6.45, 7) is 1.59. The summed E-state index contributed by atoms with van der Waals surface area (Å²) >= 11 is 0. The summed E-state index contributed by atoms with van der Waals surface area (Å²) in [6, 6.07) is 13.3. The number of hydrogen-bond donors (Lipinski definition) is 3. The van der Waals surface area contributed by atoms with E-state index in [0.29, 0.717) is 0 Å². The lowest BCUT2D eigenvalue weighted by Gasteiger charge is -2.19. The molecule has 1 heterocycles. The van der Waals surface area contributed by atoms with Crippen molar-refractivity contribution in [1.82, 2.24) is 5.32 Å². The van der Waals surface area contributed by atoms with Crippen LogP contribution >= 0.6 is 0 Å². The number of carbonyl (C=O) groups is 1. The highest BCUT2D eigenvalue weighted by molar-refractivity contribution is 5.91. The number of phenols is 1. The minimum Gasteiger partial charge on any atom is -0.507 e. The number of hydrogen-bond acceptors (Lipinski definition) is 3. The Morgan fingerprint density at radius 3 is 2.67 bits per heavy atom. The Labute approximate surface area is 123 Å². The molecule has 4 heteroatoms. The number of carboxylic acid groups (broad SMARTS) is 1. The molecular formula is C17H17NO3. The molecule has 3 rings (SSSR count). The molecule has 21 heavy (non-hydrogen) atoms. The maximum absolute atomic E-state index is 11.2. The molecule has 1 aliphatic rings. The highest BCUT2D eigenvalue weighted by Crippen LogP contribution is 2.33. The van der Waals surface area contributed by atoms with Crippen molar-refractivity contribution < 1.29 is 15.0 Å². The smallest absolute Gasteiger partial charge is 0.339 e. The Kier molecular flexibility index (Phi) is 3.62. The summed E-state index contributed by atoms with van der Waals surface area (Å²) in [4.78, 5) is 11.2. The molecule has 0 saturated heterocycles. The number of benzene rings is 2. The van der Waals surface area contributed by atoms with Gasteiger partial charge in [0, 0.05) is 12.5 Å². The molecule has 2 aromatic carbocycles. The van der Waals surface area contributed by atoms with Gasteiger partial charge in [-0.2, -0.15) is 0 Å². The van der Waals surface area contributed by atoms with Gasteiger partial charge in [0.2, 0.25) is 0 Å². The predicted octanol–water partition coefficient (Wildman–Crippen LogP) is 2.37. The summed E-state index contributed by atoms with van der Waals surface area (Å²) in [5, 5.41) is 22.5. The van der Waals surface area contributed by atoms with Gasteiger partial charge in [-0.1, -0.05) is 30.3 Å². The van der Waals surface area contributed by atoms with E-state index in [-0.39, 0.29) is 17.2 Å². The molecule has 0 saturated carbocycles. The average Bonchev–Trinajstić information content (AvgIpc) is 2.69. The van der Waals surface area contributed by atoms with E-state index in [2.05, 4.69) is 17.4 Å². The molecule has 2 aromatic rings. The fourth-order valence-electron chi connectivity index (χ4n) is 2.92. The summed E-state index contributed by atoms with van der Waals surface area (Å²) in [6.07, 6.45) is 0.763. The molecule has 0 aliphatic carbocycles. The third-order valence-corrected chi connectivity index (χ3v) is 3.98. The van der Waals surface area contributed by atoms with Gasteiger partial charge >= 0.3 is 5.97 Å². The molecule has 1 aliphatic heterocycles. The number of aromatic hydroxyl groups is 1. The van der Waals surface area contributed by atoms with Crippen molar-refractivity contribution in [1.29, 1.82) is 0 Å². The first kappa shape index (κ1) is 13.6. The van der Waals surface area contributed by atoms with E-state index in [4.69, 9.17) is 5.11 Å². The normalized spacial score (nSPS) is 17.8. The molecule has 1 atom stereocenters. The van der Waals surface area contributed by atoms with Crippen LogP contribution in [0.15, 0.2) is 42.5 Å². The Morgan fingerprint density at radius 2 is 1.95 bits per heavy atom. The van der Waals surface area contributed by atoms with Crippen LogP contribution < -0.4 is 5.32 Å². The van der Waals surface area contributed by atoms with Crippen molar-refractivity contribution in [3.63, 3.8) is 0 Å². The number of rotatable bonds is 2. The maximum atomic E-state index is 11.2. The minimum atomic E-state index is -1.09. The first-order valence-electron chi connectivity index (χ1n) is 7.01. The lowest BCUT2D eigenvalue weighted by atomic mass is 9.87. The van der Waals surface area contributed by atoms with E-state index < -0.39 is 5.97 Å². The van der Waals surface area contributed by atoms with Crippen LogP contribution in [0.3, 0.4) is 0 Å². The molecule has 0 spiro atoms. The molecule has 1 unspecified atom stereocenters. The van der Waals surface area contributed by atoms with Crippen LogP contribution in [0.25, 0.3) is 0 Å². The van der Waals surface area contributed by atoms with Crippen LogP contribution in [-0.4, -0.2) is 29.3 Å². The van der Waals surface area contributed by atoms with Gasteiger partial charge in [-0.05, 0) is 41.8 Å². The second-order valence-corrected chi connectivity index (χ2v) is 5.29. The van der Waals surface area contributed by atoms with Crippen LogP contribution in [0, 0.1) is 0 Å². The Hall–Kier alpha value is -2.33. The zero-order chi connectivity index (χ0) is 14.8. The predicted molar refractivity (Wildman–Crippen MR) is 79.9 cm³/mol. The van der Waals surface area contributed by atoms with E-state index in [1.807, 2.05) is 18.2 Å². The second kappa shape index (κ2) is 5.58. The Morgan fingerprint density at radius 1 is 1.19 bits per heavy atom.